The Morgan fingerprint density at radius 2 is 1.95 bits per heavy atom. The van der Waals surface area contributed by atoms with Crippen molar-refractivity contribution in [2.75, 3.05) is 11.9 Å². The fourth-order valence-electron chi connectivity index (χ4n) is 5.43. The van der Waals surface area contributed by atoms with Gasteiger partial charge in [0.25, 0.3) is 0 Å². The van der Waals surface area contributed by atoms with Crippen molar-refractivity contribution in [1.82, 2.24) is 4.90 Å². The quantitative estimate of drug-likeness (QED) is 0.785. The van der Waals surface area contributed by atoms with E-state index in [0.717, 1.165) is 25.8 Å². The molecule has 3 aliphatic rings. The number of carbonyl (C=O) groups is 1. The van der Waals surface area contributed by atoms with Gasteiger partial charge in [-0.15, -0.1) is 0 Å². The number of hydrogen-bond donors (Lipinski definition) is 1. The first-order chi connectivity index (χ1) is 9.45. The smallest absolute Gasteiger partial charge is 0.221 e. The largest absolute Gasteiger partial charge is 0.362 e. The number of hydrogen-bond acceptors (Lipinski definition) is 2. The van der Waals surface area contributed by atoms with Crippen LogP contribution in [-0.2, 0) is 10.2 Å². The summed E-state index contributed by atoms with van der Waals surface area (Å²) in [5.74, 6) is 0.199. The third kappa shape index (κ3) is 1.05. The van der Waals surface area contributed by atoms with Crippen molar-refractivity contribution in [3.63, 3.8) is 0 Å². The summed E-state index contributed by atoms with van der Waals surface area (Å²) in [6.45, 7) is 7.34. The van der Waals surface area contributed by atoms with Crippen molar-refractivity contribution in [2.45, 2.75) is 51.1 Å². The van der Waals surface area contributed by atoms with Crippen molar-refractivity contribution < 1.29 is 4.79 Å². The minimum atomic E-state index is -0.188. The lowest BCUT2D eigenvalue weighted by molar-refractivity contribution is -0.132. The fraction of sp³-hybridized carbons (Fsp3) is 0.588. The molecule has 1 aromatic carbocycles. The summed E-state index contributed by atoms with van der Waals surface area (Å²) in [5, 5.41) is 3.75. The highest BCUT2D eigenvalue weighted by molar-refractivity contribution is 5.79. The molecule has 2 fully saturated rings. The first-order valence-electron chi connectivity index (χ1n) is 7.61. The monoisotopic (exact) mass is 270 g/mol. The maximum absolute atomic E-state index is 12.2. The third-order valence-corrected chi connectivity index (χ3v) is 6.25. The lowest BCUT2D eigenvalue weighted by atomic mass is 9.61. The second-order valence-corrected chi connectivity index (χ2v) is 7.24. The van der Waals surface area contributed by atoms with Crippen LogP contribution in [0.4, 0.5) is 5.69 Å². The molecule has 0 radical (unpaired) electrons. The molecule has 1 saturated carbocycles. The van der Waals surface area contributed by atoms with E-state index in [-0.39, 0.29) is 22.4 Å². The maximum atomic E-state index is 12.2. The number of rotatable bonds is 0. The topological polar surface area (TPSA) is 32.3 Å². The Morgan fingerprint density at radius 3 is 2.70 bits per heavy atom. The molecular formula is C17H22N2O. The Hall–Kier alpha value is -1.51. The molecule has 2 heterocycles. The SMILES string of the molecule is CC(=O)N1CCC23c4ccccc4NC12CCC3(C)C. The summed E-state index contributed by atoms with van der Waals surface area (Å²) in [6, 6.07) is 8.65. The molecule has 2 atom stereocenters. The van der Waals surface area contributed by atoms with Crippen LogP contribution >= 0.6 is 0 Å². The number of fused-ring (bicyclic) bond motifs is 1. The maximum Gasteiger partial charge on any atom is 0.221 e. The van der Waals surface area contributed by atoms with Crippen LogP contribution in [0, 0.1) is 5.41 Å². The van der Waals surface area contributed by atoms with Gasteiger partial charge in [-0.05, 0) is 36.3 Å². The van der Waals surface area contributed by atoms with Crippen molar-refractivity contribution in [1.29, 1.82) is 0 Å². The van der Waals surface area contributed by atoms with Crippen molar-refractivity contribution in [3.8, 4) is 0 Å². The van der Waals surface area contributed by atoms with E-state index in [1.54, 1.807) is 6.92 Å². The number of anilines is 1. The predicted octanol–water partition coefficient (Wildman–Crippen LogP) is 3.12. The first-order valence-corrected chi connectivity index (χ1v) is 7.61. The van der Waals surface area contributed by atoms with Gasteiger partial charge in [0.1, 0.15) is 5.66 Å². The van der Waals surface area contributed by atoms with Crippen LogP contribution in [0.3, 0.4) is 0 Å². The molecule has 2 aliphatic heterocycles. The molecule has 1 saturated heterocycles. The zero-order valence-corrected chi connectivity index (χ0v) is 12.5. The van der Waals surface area contributed by atoms with Gasteiger partial charge in [-0.2, -0.15) is 0 Å². The molecule has 3 heteroatoms. The number of nitrogens with zero attached hydrogens (tertiary/aromatic N) is 1. The number of carbonyl (C=O) groups excluding carboxylic acids is 1. The van der Waals surface area contributed by atoms with Crippen LogP contribution in [0.1, 0.15) is 45.6 Å². The van der Waals surface area contributed by atoms with E-state index >= 15 is 0 Å². The summed E-state index contributed by atoms with van der Waals surface area (Å²) in [4.78, 5) is 14.3. The van der Waals surface area contributed by atoms with E-state index < -0.39 is 0 Å². The Morgan fingerprint density at radius 1 is 1.20 bits per heavy atom. The molecule has 1 aliphatic carbocycles. The molecule has 20 heavy (non-hydrogen) atoms. The number of benzene rings is 1. The van der Waals surface area contributed by atoms with Crippen LogP contribution in [0.2, 0.25) is 0 Å². The van der Waals surface area contributed by atoms with Crippen molar-refractivity contribution in [2.24, 2.45) is 5.41 Å². The zero-order chi connectivity index (χ0) is 14.2. The van der Waals surface area contributed by atoms with Gasteiger partial charge in [0, 0.05) is 24.6 Å². The van der Waals surface area contributed by atoms with E-state index in [0.29, 0.717) is 0 Å². The average Bonchev–Trinajstić information content (AvgIpc) is 2.93. The second kappa shape index (κ2) is 3.38. The van der Waals surface area contributed by atoms with Gasteiger partial charge in [-0.1, -0.05) is 32.0 Å². The Kier molecular flexibility index (Phi) is 2.07. The zero-order valence-electron chi connectivity index (χ0n) is 12.5. The highest BCUT2D eigenvalue weighted by Gasteiger charge is 2.73. The summed E-state index contributed by atoms with van der Waals surface area (Å²) in [5.41, 5.74) is 2.75. The summed E-state index contributed by atoms with van der Waals surface area (Å²) in [6.07, 6.45) is 3.29. The molecule has 1 amide bonds. The number of likely N-dealkylation sites (tertiary alicyclic amines) is 1. The van der Waals surface area contributed by atoms with Crippen LogP contribution in [0.5, 0.6) is 0 Å². The van der Waals surface area contributed by atoms with Gasteiger partial charge >= 0.3 is 0 Å². The number of para-hydroxylation sites is 1. The number of amides is 1. The average molecular weight is 270 g/mol. The van der Waals surface area contributed by atoms with Gasteiger partial charge in [0.15, 0.2) is 0 Å². The molecule has 1 N–H and O–H groups in total. The summed E-state index contributed by atoms with van der Waals surface area (Å²) in [7, 11) is 0. The third-order valence-electron chi connectivity index (χ3n) is 6.25. The first kappa shape index (κ1) is 12.2. The summed E-state index contributed by atoms with van der Waals surface area (Å²) < 4.78 is 0. The van der Waals surface area contributed by atoms with E-state index in [1.807, 2.05) is 0 Å². The lowest BCUT2D eigenvalue weighted by Gasteiger charge is -2.45. The lowest BCUT2D eigenvalue weighted by Crippen LogP contribution is -2.58. The van der Waals surface area contributed by atoms with E-state index in [4.69, 9.17) is 0 Å². The standard InChI is InChI=1S/C17H22N2O/c1-12(20)19-11-10-16-13-6-4-5-7-14(13)18-17(16,19)9-8-15(16,2)3/h4-7,18H,8-11H2,1-3H3. The fourth-order valence-corrected chi connectivity index (χ4v) is 5.43. The van der Waals surface area contributed by atoms with Crippen molar-refractivity contribution in [3.05, 3.63) is 29.8 Å². The van der Waals surface area contributed by atoms with Gasteiger partial charge in [-0.25, -0.2) is 0 Å². The highest BCUT2D eigenvalue weighted by atomic mass is 16.2. The van der Waals surface area contributed by atoms with Gasteiger partial charge in [0.05, 0.1) is 0 Å². The van der Waals surface area contributed by atoms with Crippen molar-refractivity contribution >= 4 is 11.6 Å². The van der Waals surface area contributed by atoms with Gasteiger partial charge < -0.3 is 10.2 Å². The van der Waals surface area contributed by atoms with E-state index in [9.17, 15) is 4.79 Å². The Labute approximate surface area is 120 Å². The predicted molar refractivity (Wildman–Crippen MR) is 79.5 cm³/mol. The van der Waals surface area contributed by atoms with Gasteiger partial charge in [0.2, 0.25) is 5.91 Å². The van der Waals surface area contributed by atoms with E-state index in [1.165, 1.54) is 11.3 Å². The minimum Gasteiger partial charge on any atom is -0.362 e. The Bertz CT molecular complexity index is 609. The van der Waals surface area contributed by atoms with Crippen LogP contribution in [0.15, 0.2) is 24.3 Å². The van der Waals surface area contributed by atoms with Crippen LogP contribution in [-0.4, -0.2) is 23.0 Å². The molecule has 0 bridgehead atoms. The number of nitrogens with one attached hydrogen (secondary N) is 1. The minimum absolute atomic E-state index is 0.0717. The van der Waals surface area contributed by atoms with E-state index in [2.05, 4.69) is 48.3 Å². The second-order valence-electron chi connectivity index (χ2n) is 7.24. The molecular weight excluding hydrogens is 248 g/mol. The normalized spacial score (nSPS) is 36.2. The van der Waals surface area contributed by atoms with Gasteiger partial charge in [-0.3, -0.25) is 4.79 Å². The Balaban J connectivity index is 2.00. The molecule has 0 spiro atoms. The molecule has 2 unspecified atom stereocenters. The molecule has 0 aromatic heterocycles. The summed E-state index contributed by atoms with van der Waals surface area (Å²) >= 11 is 0. The molecule has 106 valence electrons. The highest BCUT2D eigenvalue weighted by Crippen LogP contribution is 2.70. The van der Waals surface area contributed by atoms with Crippen LogP contribution < -0.4 is 5.32 Å². The molecule has 4 rings (SSSR count). The molecule has 1 aromatic rings. The molecule has 3 nitrogen and oxygen atoms in total. The van der Waals surface area contributed by atoms with Crippen LogP contribution in [0.25, 0.3) is 0 Å².